The van der Waals surface area contributed by atoms with Crippen molar-refractivity contribution in [2.75, 3.05) is 39.6 Å². The van der Waals surface area contributed by atoms with Gasteiger partial charge in [-0.2, -0.15) is 0 Å². The van der Waals surface area contributed by atoms with Gasteiger partial charge in [0.1, 0.15) is 12.7 Å². The van der Waals surface area contributed by atoms with Gasteiger partial charge in [0.15, 0.2) is 0 Å². The van der Waals surface area contributed by atoms with Crippen molar-refractivity contribution in [3.05, 3.63) is 47.8 Å². The van der Waals surface area contributed by atoms with Crippen LogP contribution in [0.1, 0.15) is 127 Å². The number of ether oxygens (including phenoxy) is 3. The molecular formula is C34H58N2O4. The Bertz CT molecular complexity index is 783. The lowest BCUT2D eigenvalue weighted by atomic mass is 10.0. The summed E-state index contributed by atoms with van der Waals surface area (Å²) in [5, 5.41) is 0. The molecule has 6 heteroatoms. The van der Waals surface area contributed by atoms with Gasteiger partial charge in [-0.15, -0.1) is 0 Å². The largest absolute Gasteiger partial charge is 0.459 e. The second kappa shape index (κ2) is 22.6. The molecule has 0 aromatic heterocycles. The Morgan fingerprint density at radius 2 is 1.32 bits per heavy atom. The minimum Gasteiger partial charge on any atom is -0.459 e. The summed E-state index contributed by atoms with van der Waals surface area (Å²) in [6, 6.07) is 7.69. The van der Waals surface area contributed by atoms with Crippen LogP contribution in [0.4, 0.5) is 0 Å². The zero-order chi connectivity index (χ0) is 28.7. The van der Waals surface area contributed by atoms with Gasteiger partial charge >= 0.3 is 5.97 Å². The van der Waals surface area contributed by atoms with Gasteiger partial charge in [0, 0.05) is 38.7 Å². The van der Waals surface area contributed by atoms with Crippen LogP contribution in [-0.2, 0) is 20.8 Å². The molecule has 0 bridgehead atoms. The lowest BCUT2D eigenvalue weighted by Crippen LogP contribution is -2.27. The number of rotatable bonds is 25. The Morgan fingerprint density at radius 1 is 0.750 bits per heavy atom. The summed E-state index contributed by atoms with van der Waals surface area (Å²) in [5.74, 6) is -0.318. The molecule has 1 aromatic rings. The molecule has 0 saturated heterocycles. The molecule has 6 nitrogen and oxygen atoms in total. The van der Waals surface area contributed by atoms with Crippen LogP contribution in [0.15, 0.2) is 36.7 Å². The molecule has 0 fully saturated rings. The first-order chi connectivity index (χ1) is 19.7. The lowest BCUT2D eigenvalue weighted by molar-refractivity contribution is -0.0465. The van der Waals surface area contributed by atoms with Crippen molar-refractivity contribution in [1.29, 1.82) is 0 Å². The van der Waals surface area contributed by atoms with E-state index in [2.05, 4.69) is 36.0 Å². The molecule has 0 N–H and O–H groups in total. The molecule has 1 aromatic carbocycles. The summed E-state index contributed by atoms with van der Waals surface area (Å²) in [5.41, 5.74) is 1.73. The van der Waals surface area contributed by atoms with Crippen molar-refractivity contribution in [3.63, 3.8) is 0 Å². The smallest absolute Gasteiger partial charge is 0.338 e. The second-order valence-electron chi connectivity index (χ2n) is 11.1. The SMILES string of the molecule is CCCCCCCCCCCCCCCCOCC(COC(=O)c1ccc(CN2C=CN(CC)C2)cc1)OCC. The molecular weight excluding hydrogens is 500 g/mol. The van der Waals surface area contributed by atoms with E-state index in [0.29, 0.717) is 18.8 Å². The number of esters is 1. The molecule has 0 aliphatic carbocycles. The summed E-state index contributed by atoms with van der Waals surface area (Å²) < 4.78 is 17.2. The van der Waals surface area contributed by atoms with Crippen molar-refractivity contribution < 1.29 is 19.0 Å². The lowest BCUT2D eigenvalue weighted by Gasteiger charge is -2.20. The Kier molecular flexibility index (Phi) is 19.3. The highest BCUT2D eigenvalue weighted by Gasteiger charge is 2.15. The third kappa shape index (κ3) is 15.7. The van der Waals surface area contributed by atoms with Gasteiger partial charge in [0.2, 0.25) is 0 Å². The summed E-state index contributed by atoms with van der Waals surface area (Å²) >= 11 is 0. The van der Waals surface area contributed by atoms with E-state index in [9.17, 15) is 4.79 Å². The first-order valence-electron chi connectivity index (χ1n) is 16.3. The molecule has 1 aliphatic heterocycles. The van der Waals surface area contributed by atoms with Crippen LogP contribution >= 0.6 is 0 Å². The maximum atomic E-state index is 12.6. The van der Waals surface area contributed by atoms with Crippen LogP contribution in [0, 0.1) is 0 Å². The van der Waals surface area contributed by atoms with Crippen molar-refractivity contribution in [2.45, 2.75) is 123 Å². The van der Waals surface area contributed by atoms with Gasteiger partial charge in [0.25, 0.3) is 0 Å². The molecule has 1 atom stereocenters. The number of hydrogen-bond acceptors (Lipinski definition) is 6. The zero-order valence-corrected chi connectivity index (χ0v) is 25.9. The number of nitrogens with zero attached hydrogens (tertiary/aromatic N) is 2. The fourth-order valence-electron chi connectivity index (χ4n) is 5.05. The van der Waals surface area contributed by atoms with Gasteiger partial charge in [-0.3, -0.25) is 0 Å². The van der Waals surface area contributed by atoms with E-state index in [4.69, 9.17) is 14.2 Å². The quantitative estimate of drug-likeness (QED) is 0.0888. The van der Waals surface area contributed by atoms with Gasteiger partial charge in [-0.05, 0) is 38.0 Å². The first-order valence-corrected chi connectivity index (χ1v) is 16.3. The van der Waals surface area contributed by atoms with E-state index in [1.165, 1.54) is 89.0 Å². The standard InChI is InChI=1S/C34H58N2O4/c1-4-7-8-9-10-11-12-13-14-15-16-17-18-19-26-38-28-33(39-6-3)29-40-34(37)32-22-20-31(21-23-32)27-36-25-24-35(5-2)30-36/h20-25,33H,4-19,26-30H2,1-3H3. The minimum absolute atomic E-state index is 0.207. The Labute approximate surface area is 245 Å². The van der Waals surface area contributed by atoms with Gasteiger partial charge in [-0.25, -0.2) is 4.79 Å². The highest BCUT2D eigenvalue weighted by molar-refractivity contribution is 5.89. The molecule has 1 aliphatic rings. The maximum Gasteiger partial charge on any atom is 0.338 e. The number of benzene rings is 1. The molecule has 2 rings (SSSR count). The van der Waals surface area contributed by atoms with E-state index >= 15 is 0 Å². The van der Waals surface area contributed by atoms with Crippen LogP contribution in [0.5, 0.6) is 0 Å². The topological polar surface area (TPSA) is 51.2 Å². The molecule has 228 valence electrons. The predicted octanol–water partition coefficient (Wildman–Crippen LogP) is 8.31. The van der Waals surface area contributed by atoms with Crippen LogP contribution in [0.2, 0.25) is 0 Å². The summed E-state index contributed by atoms with van der Waals surface area (Å²) in [7, 11) is 0. The predicted molar refractivity (Wildman–Crippen MR) is 165 cm³/mol. The number of hydrogen-bond donors (Lipinski definition) is 0. The fourth-order valence-corrected chi connectivity index (χ4v) is 5.05. The van der Waals surface area contributed by atoms with Crippen LogP contribution in [0.25, 0.3) is 0 Å². The monoisotopic (exact) mass is 558 g/mol. The van der Waals surface area contributed by atoms with E-state index in [0.717, 1.165) is 32.8 Å². The van der Waals surface area contributed by atoms with Crippen LogP contribution in [0.3, 0.4) is 0 Å². The molecule has 40 heavy (non-hydrogen) atoms. The Hall–Kier alpha value is -2.05. The van der Waals surface area contributed by atoms with Crippen molar-refractivity contribution in [1.82, 2.24) is 9.80 Å². The first kappa shape index (κ1) is 34.2. The van der Waals surface area contributed by atoms with Crippen LogP contribution in [-0.4, -0.2) is 61.5 Å². The summed E-state index contributed by atoms with van der Waals surface area (Å²) in [4.78, 5) is 17.1. The molecule has 1 heterocycles. The highest BCUT2D eigenvalue weighted by atomic mass is 16.6. The number of unbranched alkanes of at least 4 members (excludes halogenated alkanes) is 13. The third-order valence-electron chi connectivity index (χ3n) is 7.58. The number of carbonyl (C=O) groups is 1. The summed E-state index contributed by atoms with van der Waals surface area (Å²) in [6.45, 7) is 11.1. The van der Waals surface area contributed by atoms with Crippen molar-refractivity contribution in [3.8, 4) is 0 Å². The Morgan fingerprint density at radius 3 is 1.88 bits per heavy atom. The second-order valence-corrected chi connectivity index (χ2v) is 11.1. The third-order valence-corrected chi connectivity index (χ3v) is 7.58. The van der Waals surface area contributed by atoms with Gasteiger partial charge in [0.05, 0.1) is 18.8 Å². The van der Waals surface area contributed by atoms with Crippen molar-refractivity contribution in [2.24, 2.45) is 0 Å². The van der Waals surface area contributed by atoms with E-state index in [1.807, 2.05) is 31.2 Å². The van der Waals surface area contributed by atoms with E-state index < -0.39 is 0 Å². The minimum atomic E-state index is -0.318. The van der Waals surface area contributed by atoms with Crippen molar-refractivity contribution >= 4 is 5.97 Å². The molecule has 1 unspecified atom stereocenters. The van der Waals surface area contributed by atoms with Crippen LogP contribution < -0.4 is 0 Å². The van der Waals surface area contributed by atoms with E-state index in [1.54, 1.807) is 0 Å². The average Bonchev–Trinajstić information content (AvgIpc) is 3.43. The average molecular weight is 559 g/mol. The Balaban J connectivity index is 1.48. The fraction of sp³-hybridized carbons (Fsp3) is 0.735. The van der Waals surface area contributed by atoms with Gasteiger partial charge < -0.3 is 24.0 Å². The van der Waals surface area contributed by atoms with E-state index in [-0.39, 0.29) is 18.7 Å². The number of carbonyl (C=O) groups excluding carboxylic acids is 1. The molecule has 0 spiro atoms. The normalized spacial score (nSPS) is 13.8. The highest BCUT2D eigenvalue weighted by Crippen LogP contribution is 2.15. The zero-order valence-electron chi connectivity index (χ0n) is 25.9. The summed E-state index contributed by atoms with van der Waals surface area (Å²) in [6.07, 6.45) is 22.9. The molecule has 0 amide bonds. The maximum absolute atomic E-state index is 12.6. The van der Waals surface area contributed by atoms with Gasteiger partial charge in [-0.1, -0.05) is 103 Å². The molecule has 0 saturated carbocycles. The molecule has 0 radical (unpaired) electrons.